The fourth-order valence-corrected chi connectivity index (χ4v) is 3.41. The fourth-order valence-electron chi connectivity index (χ4n) is 3.21. The van der Waals surface area contributed by atoms with E-state index in [2.05, 4.69) is 45.4 Å². The first-order valence-electron chi connectivity index (χ1n) is 8.82. The van der Waals surface area contributed by atoms with Crippen molar-refractivity contribution >= 4 is 17.3 Å². The van der Waals surface area contributed by atoms with Crippen LogP contribution in [0.25, 0.3) is 0 Å². The van der Waals surface area contributed by atoms with E-state index in [1.54, 1.807) is 7.11 Å². The predicted molar refractivity (Wildman–Crippen MR) is 105 cm³/mol. The zero-order chi connectivity index (χ0) is 17.5. The Labute approximate surface area is 155 Å². The molecule has 4 nitrogen and oxygen atoms in total. The van der Waals surface area contributed by atoms with Crippen molar-refractivity contribution in [3.8, 4) is 5.75 Å². The molecule has 1 aliphatic heterocycles. The van der Waals surface area contributed by atoms with Gasteiger partial charge in [-0.25, -0.2) is 0 Å². The monoisotopic (exact) mass is 359 g/mol. The van der Waals surface area contributed by atoms with E-state index >= 15 is 0 Å². The minimum atomic E-state index is 0.745. The summed E-state index contributed by atoms with van der Waals surface area (Å²) < 4.78 is 5.39. The molecular formula is C20H26ClN3O. The number of ether oxygens (including phenoxy) is 1. The van der Waals surface area contributed by atoms with E-state index in [4.69, 9.17) is 16.3 Å². The van der Waals surface area contributed by atoms with Gasteiger partial charge in [0.1, 0.15) is 5.75 Å². The summed E-state index contributed by atoms with van der Waals surface area (Å²) in [6, 6.07) is 16.4. The highest BCUT2D eigenvalue weighted by molar-refractivity contribution is 6.30. The Bertz CT molecular complexity index is 657. The number of methoxy groups -OCH3 is 1. The second-order valence-electron chi connectivity index (χ2n) is 6.30. The summed E-state index contributed by atoms with van der Waals surface area (Å²) in [6.07, 6.45) is 0. The van der Waals surface area contributed by atoms with E-state index in [0.29, 0.717) is 0 Å². The minimum Gasteiger partial charge on any atom is -0.496 e. The Morgan fingerprint density at radius 3 is 2.52 bits per heavy atom. The molecule has 0 saturated carbocycles. The Balaban J connectivity index is 1.39. The van der Waals surface area contributed by atoms with E-state index in [1.165, 1.54) is 5.69 Å². The summed E-state index contributed by atoms with van der Waals surface area (Å²) in [5.41, 5.74) is 2.43. The number of halogens is 1. The molecule has 0 amide bonds. The van der Waals surface area contributed by atoms with Crippen molar-refractivity contribution in [2.24, 2.45) is 0 Å². The lowest BCUT2D eigenvalue weighted by molar-refractivity contribution is 0.257. The minimum absolute atomic E-state index is 0.745. The summed E-state index contributed by atoms with van der Waals surface area (Å²) >= 11 is 6.08. The van der Waals surface area contributed by atoms with Crippen LogP contribution in [-0.2, 0) is 6.54 Å². The highest BCUT2D eigenvalue weighted by Crippen LogP contribution is 2.22. The number of rotatable bonds is 7. The summed E-state index contributed by atoms with van der Waals surface area (Å²) in [5, 5.41) is 4.24. The first-order valence-corrected chi connectivity index (χ1v) is 9.19. The molecule has 1 heterocycles. The van der Waals surface area contributed by atoms with E-state index in [9.17, 15) is 0 Å². The van der Waals surface area contributed by atoms with Crippen LogP contribution < -0.4 is 15.0 Å². The van der Waals surface area contributed by atoms with Crippen LogP contribution in [-0.4, -0.2) is 51.3 Å². The van der Waals surface area contributed by atoms with Crippen molar-refractivity contribution < 1.29 is 4.74 Å². The largest absolute Gasteiger partial charge is 0.496 e. The van der Waals surface area contributed by atoms with Gasteiger partial charge in [0.05, 0.1) is 7.11 Å². The molecule has 0 bridgehead atoms. The van der Waals surface area contributed by atoms with Crippen molar-refractivity contribution in [3.63, 3.8) is 0 Å². The summed E-state index contributed by atoms with van der Waals surface area (Å²) in [4.78, 5) is 4.97. The van der Waals surface area contributed by atoms with Crippen molar-refractivity contribution in [1.82, 2.24) is 10.2 Å². The van der Waals surface area contributed by atoms with Gasteiger partial charge in [-0.1, -0.05) is 29.8 Å². The van der Waals surface area contributed by atoms with E-state index < -0.39 is 0 Å². The molecule has 1 N–H and O–H groups in total. The van der Waals surface area contributed by atoms with Gasteiger partial charge >= 0.3 is 0 Å². The van der Waals surface area contributed by atoms with Gasteiger partial charge in [-0.2, -0.15) is 0 Å². The molecule has 0 atom stereocenters. The van der Waals surface area contributed by atoms with Crippen LogP contribution in [0, 0.1) is 0 Å². The summed E-state index contributed by atoms with van der Waals surface area (Å²) in [6.45, 7) is 7.19. The fraction of sp³-hybridized carbons (Fsp3) is 0.400. The van der Waals surface area contributed by atoms with Crippen LogP contribution in [0.3, 0.4) is 0 Å². The third kappa shape index (κ3) is 5.11. The van der Waals surface area contributed by atoms with Crippen LogP contribution >= 0.6 is 11.6 Å². The second-order valence-corrected chi connectivity index (χ2v) is 6.73. The quantitative estimate of drug-likeness (QED) is 0.768. The van der Waals surface area contributed by atoms with Gasteiger partial charge in [-0.3, -0.25) is 4.90 Å². The molecule has 134 valence electrons. The average Bonchev–Trinajstić information content (AvgIpc) is 2.66. The first kappa shape index (κ1) is 18.1. The Morgan fingerprint density at radius 2 is 1.80 bits per heavy atom. The number of hydrogen-bond donors (Lipinski definition) is 1. The standard InChI is InChI=1S/C20H26ClN3O/c1-25-20-8-7-18(21)15-17(20)16-22-9-10-23-11-13-24(14-12-23)19-5-3-2-4-6-19/h2-8,15,22H,9-14,16H2,1H3. The maximum Gasteiger partial charge on any atom is 0.123 e. The summed E-state index contributed by atoms with van der Waals surface area (Å²) in [7, 11) is 1.69. The van der Waals surface area contributed by atoms with Crippen LogP contribution in [0.1, 0.15) is 5.56 Å². The van der Waals surface area contributed by atoms with Crippen molar-refractivity contribution in [3.05, 3.63) is 59.1 Å². The SMILES string of the molecule is COc1ccc(Cl)cc1CNCCN1CCN(c2ccccc2)CC1. The number of anilines is 1. The number of benzene rings is 2. The van der Waals surface area contributed by atoms with Gasteiger partial charge in [0.15, 0.2) is 0 Å². The molecule has 25 heavy (non-hydrogen) atoms. The van der Waals surface area contributed by atoms with E-state index in [-0.39, 0.29) is 0 Å². The van der Waals surface area contributed by atoms with Gasteiger partial charge in [-0.05, 0) is 30.3 Å². The van der Waals surface area contributed by atoms with E-state index in [1.807, 2.05) is 18.2 Å². The first-order chi connectivity index (χ1) is 12.3. The molecule has 5 heteroatoms. The third-order valence-corrected chi connectivity index (χ3v) is 4.89. The second kappa shape index (κ2) is 9.09. The van der Waals surface area contributed by atoms with E-state index in [0.717, 1.165) is 62.1 Å². The lowest BCUT2D eigenvalue weighted by atomic mass is 10.2. The molecule has 1 saturated heterocycles. The van der Waals surface area contributed by atoms with Gasteiger partial charge in [0, 0.05) is 62.1 Å². The maximum atomic E-state index is 6.08. The van der Waals surface area contributed by atoms with Gasteiger partial charge in [0.25, 0.3) is 0 Å². The van der Waals surface area contributed by atoms with Gasteiger partial charge in [0.2, 0.25) is 0 Å². The van der Waals surface area contributed by atoms with Crippen molar-refractivity contribution in [1.29, 1.82) is 0 Å². The van der Waals surface area contributed by atoms with Crippen LogP contribution in [0.4, 0.5) is 5.69 Å². The molecule has 1 fully saturated rings. The molecule has 2 aromatic rings. The Hall–Kier alpha value is -1.75. The molecular weight excluding hydrogens is 334 g/mol. The smallest absolute Gasteiger partial charge is 0.123 e. The number of nitrogens with one attached hydrogen (secondary N) is 1. The number of piperazine rings is 1. The molecule has 3 rings (SSSR count). The number of hydrogen-bond acceptors (Lipinski definition) is 4. The lowest BCUT2D eigenvalue weighted by Crippen LogP contribution is -2.48. The Kier molecular flexibility index (Phi) is 6.56. The normalized spacial score (nSPS) is 15.4. The summed E-state index contributed by atoms with van der Waals surface area (Å²) in [5.74, 6) is 0.883. The number of nitrogens with zero attached hydrogens (tertiary/aromatic N) is 2. The van der Waals surface area contributed by atoms with Crippen LogP contribution in [0.15, 0.2) is 48.5 Å². The molecule has 0 radical (unpaired) electrons. The molecule has 2 aromatic carbocycles. The van der Waals surface area contributed by atoms with Crippen molar-refractivity contribution in [2.45, 2.75) is 6.54 Å². The topological polar surface area (TPSA) is 27.7 Å². The molecule has 0 unspecified atom stereocenters. The highest BCUT2D eigenvalue weighted by atomic mass is 35.5. The third-order valence-electron chi connectivity index (χ3n) is 4.66. The lowest BCUT2D eigenvalue weighted by Gasteiger charge is -2.36. The predicted octanol–water partition coefficient (Wildman–Crippen LogP) is 3.26. The zero-order valence-corrected chi connectivity index (χ0v) is 15.5. The molecule has 1 aliphatic rings. The maximum absolute atomic E-state index is 6.08. The number of para-hydroxylation sites is 1. The average molecular weight is 360 g/mol. The molecule has 0 aliphatic carbocycles. The molecule has 0 spiro atoms. The molecule has 0 aromatic heterocycles. The highest BCUT2D eigenvalue weighted by Gasteiger charge is 2.16. The van der Waals surface area contributed by atoms with Gasteiger partial charge in [-0.15, -0.1) is 0 Å². The zero-order valence-electron chi connectivity index (χ0n) is 14.7. The van der Waals surface area contributed by atoms with Crippen molar-refractivity contribution in [2.75, 3.05) is 51.3 Å². The Morgan fingerprint density at radius 1 is 1.04 bits per heavy atom. The van der Waals surface area contributed by atoms with Gasteiger partial charge < -0.3 is 15.0 Å². The van der Waals surface area contributed by atoms with Crippen LogP contribution in [0.2, 0.25) is 5.02 Å². The van der Waals surface area contributed by atoms with Crippen LogP contribution in [0.5, 0.6) is 5.75 Å².